The number of aliphatic hydroxyl groups excluding tert-OH is 1. The Kier molecular flexibility index (Phi) is 6.57. The Morgan fingerprint density at radius 1 is 1.23 bits per heavy atom. The minimum atomic E-state index is -5.65. The molecule has 0 aliphatic carbocycles. The summed E-state index contributed by atoms with van der Waals surface area (Å²) in [4.78, 5) is 57.4. The van der Waals surface area contributed by atoms with Crippen molar-refractivity contribution in [3.63, 3.8) is 0 Å². The quantitative estimate of drug-likeness (QED) is 0.204. The van der Waals surface area contributed by atoms with Gasteiger partial charge in [-0.1, -0.05) is 0 Å². The third-order valence-corrected chi connectivity index (χ3v) is 7.53. The number of fused-ring (bicyclic) bond motifs is 1. The third kappa shape index (κ3) is 6.04. The molecular formula is C10H16N5O13P3. The number of nitrogen functional groups attached to an aromatic ring is 1. The van der Waals surface area contributed by atoms with Crippen LogP contribution in [0.4, 0.5) is 5.95 Å². The number of ether oxygens (including phenoxy) is 1. The molecule has 0 radical (unpaired) electrons. The number of aliphatic hydroxyl groups is 1. The molecule has 8 N–H and O–H groups in total. The molecule has 3 rings (SSSR count). The Labute approximate surface area is 171 Å². The normalized spacial score (nSPS) is 26.0. The van der Waals surface area contributed by atoms with Crippen LogP contribution in [0.1, 0.15) is 12.6 Å². The summed E-state index contributed by atoms with van der Waals surface area (Å²) >= 11 is 0. The van der Waals surface area contributed by atoms with Crippen LogP contribution in [0, 0.1) is 0 Å². The highest BCUT2D eigenvalue weighted by molar-refractivity contribution is 7.66. The number of nitrogens with two attached hydrogens (primary N) is 1. The van der Waals surface area contributed by atoms with Gasteiger partial charge in [0.1, 0.15) is 6.10 Å². The Balaban J connectivity index is 1.67. The van der Waals surface area contributed by atoms with E-state index in [-0.39, 0.29) is 23.5 Å². The largest absolute Gasteiger partial charge is 0.490 e. The smallest absolute Gasteiger partial charge is 0.388 e. The van der Waals surface area contributed by atoms with Gasteiger partial charge in [0.05, 0.1) is 19.0 Å². The van der Waals surface area contributed by atoms with Gasteiger partial charge in [-0.25, -0.2) is 18.7 Å². The summed E-state index contributed by atoms with van der Waals surface area (Å²) in [5.41, 5.74) is 4.78. The minimum absolute atomic E-state index is 0.00108. The van der Waals surface area contributed by atoms with E-state index < -0.39 is 54.1 Å². The Bertz CT molecular complexity index is 1170. The lowest BCUT2D eigenvalue weighted by Crippen LogP contribution is -2.20. The molecule has 31 heavy (non-hydrogen) atoms. The fourth-order valence-corrected chi connectivity index (χ4v) is 5.75. The molecule has 0 spiro atoms. The number of anilines is 1. The van der Waals surface area contributed by atoms with E-state index in [0.29, 0.717) is 0 Å². The molecule has 21 heteroatoms. The van der Waals surface area contributed by atoms with E-state index in [1.807, 2.05) is 0 Å². The van der Waals surface area contributed by atoms with Gasteiger partial charge < -0.3 is 35.2 Å². The summed E-state index contributed by atoms with van der Waals surface area (Å²) in [6, 6.07) is 0. The predicted molar refractivity (Wildman–Crippen MR) is 96.9 cm³/mol. The van der Waals surface area contributed by atoms with Crippen LogP contribution in [-0.2, 0) is 31.6 Å². The van der Waals surface area contributed by atoms with E-state index in [4.69, 9.17) is 25.2 Å². The van der Waals surface area contributed by atoms with Crippen molar-refractivity contribution in [3.05, 3.63) is 16.7 Å². The summed E-state index contributed by atoms with van der Waals surface area (Å²) in [5, 5.41) is 10.2. The van der Waals surface area contributed by atoms with Gasteiger partial charge in [0.25, 0.3) is 5.56 Å². The van der Waals surface area contributed by atoms with Crippen molar-refractivity contribution in [1.82, 2.24) is 19.5 Å². The van der Waals surface area contributed by atoms with Crippen molar-refractivity contribution in [2.75, 3.05) is 12.3 Å². The number of nitrogens with zero attached hydrogens (tertiary/aromatic N) is 3. The Morgan fingerprint density at radius 3 is 2.55 bits per heavy atom. The molecule has 174 valence electrons. The molecule has 0 amide bonds. The van der Waals surface area contributed by atoms with E-state index >= 15 is 0 Å². The number of H-pyrrole nitrogens is 1. The van der Waals surface area contributed by atoms with Crippen molar-refractivity contribution in [3.8, 4) is 0 Å². The van der Waals surface area contributed by atoms with Crippen LogP contribution in [0.25, 0.3) is 11.2 Å². The first-order valence-corrected chi connectivity index (χ1v) is 12.5. The summed E-state index contributed by atoms with van der Waals surface area (Å²) in [6.45, 7) is -0.750. The van der Waals surface area contributed by atoms with Gasteiger partial charge in [0.2, 0.25) is 5.95 Å². The molecule has 1 aliphatic heterocycles. The molecule has 5 atom stereocenters. The van der Waals surface area contributed by atoms with E-state index in [1.54, 1.807) is 0 Å². The van der Waals surface area contributed by atoms with Gasteiger partial charge in [-0.15, -0.1) is 0 Å². The van der Waals surface area contributed by atoms with Crippen molar-refractivity contribution >= 4 is 40.6 Å². The Hall–Kier alpha value is -1.52. The monoisotopic (exact) mass is 507 g/mol. The summed E-state index contributed by atoms with van der Waals surface area (Å²) < 4.78 is 52.0. The van der Waals surface area contributed by atoms with Crippen LogP contribution < -0.4 is 11.3 Å². The standard InChI is InChI=1S/C10H16N5O13P3/c11-10-13-7-6(8(17)14-10)12-3-15(7)9-5(16)1-4(26-9)2-25-30(21,22)28-31(23,24)27-29(18,19)20/h3-5,9,16H,1-2H2,(H,21,22)(H,23,24)(H2,18,19,20)(H3,11,13,14,17)/t4-,5+,9+/m0/s1. The highest BCUT2D eigenvalue weighted by atomic mass is 31.3. The number of imidazole rings is 1. The van der Waals surface area contributed by atoms with Crippen molar-refractivity contribution in [2.24, 2.45) is 0 Å². The first-order chi connectivity index (χ1) is 14.2. The summed E-state index contributed by atoms with van der Waals surface area (Å²) in [6.07, 6.45) is -2.41. The van der Waals surface area contributed by atoms with Crippen LogP contribution >= 0.6 is 23.5 Å². The number of aromatic nitrogens is 4. The second-order valence-electron chi connectivity index (χ2n) is 6.11. The lowest BCUT2D eigenvalue weighted by molar-refractivity contribution is -0.0481. The second kappa shape index (κ2) is 8.44. The van der Waals surface area contributed by atoms with Crippen LogP contribution in [0.2, 0.25) is 0 Å². The summed E-state index contributed by atoms with van der Waals surface area (Å²) in [7, 11) is -16.5. The molecule has 18 nitrogen and oxygen atoms in total. The van der Waals surface area contributed by atoms with Gasteiger partial charge in [-0.3, -0.25) is 18.9 Å². The van der Waals surface area contributed by atoms with E-state index in [2.05, 4.69) is 28.1 Å². The average molecular weight is 507 g/mol. The number of phosphoric ester groups is 1. The lowest BCUT2D eigenvalue weighted by atomic mass is 10.2. The van der Waals surface area contributed by atoms with Crippen LogP contribution in [0.15, 0.2) is 11.1 Å². The average Bonchev–Trinajstić information content (AvgIpc) is 3.12. The van der Waals surface area contributed by atoms with Crippen LogP contribution in [0.3, 0.4) is 0 Å². The predicted octanol–water partition coefficient (Wildman–Crippen LogP) is -1.31. The summed E-state index contributed by atoms with van der Waals surface area (Å²) in [5.74, 6) is -0.212. The fraction of sp³-hybridized carbons (Fsp3) is 0.500. The van der Waals surface area contributed by atoms with E-state index in [1.165, 1.54) is 4.57 Å². The van der Waals surface area contributed by atoms with Crippen LogP contribution in [0.5, 0.6) is 0 Å². The number of nitrogens with one attached hydrogen (secondary N) is 1. The highest BCUT2D eigenvalue weighted by Crippen LogP contribution is 2.66. The molecule has 2 aromatic heterocycles. The van der Waals surface area contributed by atoms with Gasteiger partial charge in [0, 0.05) is 6.42 Å². The highest BCUT2D eigenvalue weighted by Gasteiger charge is 2.42. The SMILES string of the molecule is Nc1nc2c(ncn2[C@@H]2O[C@H](COP(=O)(O)OP(=O)(O)OP(=O)(O)O)C[C@H]2O)c(=O)[nH]1. The van der Waals surface area contributed by atoms with Gasteiger partial charge in [-0.05, 0) is 0 Å². The first-order valence-electron chi connectivity index (χ1n) is 8.00. The third-order valence-electron chi connectivity index (χ3n) is 3.73. The molecule has 2 aromatic rings. The molecule has 0 aromatic carbocycles. The fourth-order valence-electron chi connectivity index (χ4n) is 2.70. The lowest BCUT2D eigenvalue weighted by Gasteiger charge is -2.18. The Morgan fingerprint density at radius 2 is 1.90 bits per heavy atom. The van der Waals surface area contributed by atoms with Crippen molar-refractivity contribution in [2.45, 2.75) is 24.9 Å². The topological polar surface area (TPSA) is 279 Å². The second-order valence-corrected chi connectivity index (χ2v) is 10.5. The number of aromatic amines is 1. The zero-order valence-electron chi connectivity index (χ0n) is 15.0. The number of hydrogen-bond acceptors (Lipinski definition) is 12. The number of rotatable bonds is 8. The number of hydrogen-bond donors (Lipinski definition) is 7. The van der Waals surface area contributed by atoms with Crippen molar-refractivity contribution in [1.29, 1.82) is 0 Å². The molecule has 2 unspecified atom stereocenters. The molecular weight excluding hydrogens is 491 g/mol. The van der Waals surface area contributed by atoms with Crippen molar-refractivity contribution < 1.29 is 56.3 Å². The molecule has 1 aliphatic rings. The minimum Gasteiger partial charge on any atom is -0.388 e. The number of phosphoric acid groups is 3. The molecule has 0 saturated carbocycles. The zero-order chi connectivity index (χ0) is 23.2. The van der Waals surface area contributed by atoms with Gasteiger partial charge in [-0.2, -0.15) is 13.6 Å². The van der Waals surface area contributed by atoms with Gasteiger partial charge in [0.15, 0.2) is 17.4 Å². The van der Waals surface area contributed by atoms with E-state index in [9.17, 15) is 28.5 Å². The zero-order valence-corrected chi connectivity index (χ0v) is 17.7. The molecule has 0 bridgehead atoms. The first kappa shape index (κ1) is 24.1. The van der Waals surface area contributed by atoms with Crippen LogP contribution in [-0.4, -0.2) is 63.0 Å². The maximum Gasteiger partial charge on any atom is 0.490 e. The van der Waals surface area contributed by atoms with Gasteiger partial charge >= 0.3 is 23.5 Å². The van der Waals surface area contributed by atoms with E-state index in [0.717, 1.165) is 6.33 Å². The molecule has 3 heterocycles. The molecule has 1 saturated heterocycles. The maximum absolute atomic E-state index is 11.8. The maximum atomic E-state index is 11.8. The molecule has 1 fully saturated rings.